The van der Waals surface area contributed by atoms with Gasteiger partial charge in [-0.25, -0.2) is 0 Å². The van der Waals surface area contributed by atoms with E-state index in [0.717, 1.165) is 11.3 Å². The molecule has 0 aliphatic carbocycles. The third kappa shape index (κ3) is 2.86. The summed E-state index contributed by atoms with van der Waals surface area (Å²) in [6, 6.07) is 4.81. The fourth-order valence-electron chi connectivity index (χ4n) is 2.35. The summed E-state index contributed by atoms with van der Waals surface area (Å²) >= 11 is 0. The highest BCUT2D eigenvalue weighted by Gasteiger charge is 2.31. The minimum atomic E-state index is -0.0227. The zero-order chi connectivity index (χ0) is 13.1. The van der Waals surface area contributed by atoms with E-state index in [4.69, 9.17) is 0 Å². The first-order valence-electron chi connectivity index (χ1n) is 6.28. The van der Waals surface area contributed by atoms with E-state index in [1.807, 2.05) is 18.3 Å². The van der Waals surface area contributed by atoms with Crippen molar-refractivity contribution in [2.45, 2.75) is 45.3 Å². The zero-order valence-corrected chi connectivity index (χ0v) is 11.0. The smallest absolute Gasteiger partial charge is 0.217 e. The molecular weight excluding hydrogens is 228 g/mol. The summed E-state index contributed by atoms with van der Waals surface area (Å²) in [4.78, 5) is 15.3. The zero-order valence-electron chi connectivity index (χ0n) is 11.0. The van der Waals surface area contributed by atoms with Gasteiger partial charge < -0.3 is 5.32 Å². The Kier molecular flexibility index (Phi) is 3.93. The molecule has 1 saturated heterocycles. The lowest BCUT2D eigenvalue weighted by Crippen LogP contribution is -2.30. The molecule has 1 aliphatic rings. The molecule has 2 heterocycles. The third-order valence-corrected chi connectivity index (χ3v) is 3.35. The molecule has 1 aliphatic heterocycles. The van der Waals surface area contributed by atoms with Gasteiger partial charge in [0.05, 0.1) is 0 Å². The van der Waals surface area contributed by atoms with Gasteiger partial charge in [0.25, 0.3) is 0 Å². The summed E-state index contributed by atoms with van der Waals surface area (Å²) < 4.78 is 0. The first kappa shape index (κ1) is 13.0. The highest BCUT2D eigenvalue weighted by Crippen LogP contribution is 2.25. The standard InChI is InChI=1S/C13H20N4O/c1-8-13(9(2)17-16-8)12-5-4-11(7-15-12)6-14-10(3)18/h4-5,7-9,13,16-17H,6H2,1-3H3,(H,14,18). The predicted molar refractivity (Wildman–Crippen MR) is 69.7 cm³/mol. The van der Waals surface area contributed by atoms with Gasteiger partial charge in [-0.2, -0.15) is 0 Å². The van der Waals surface area contributed by atoms with E-state index in [0.29, 0.717) is 24.5 Å². The molecule has 0 radical (unpaired) electrons. The van der Waals surface area contributed by atoms with E-state index in [1.165, 1.54) is 6.92 Å². The maximum Gasteiger partial charge on any atom is 0.217 e. The molecule has 0 bridgehead atoms. The van der Waals surface area contributed by atoms with Crippen LogP contribution in [0.25, 0.3) is 0 Å². The van der Waals surface area contributed by atoms with Crippen molar-refractivity contribution in [3.8, 4) is 0 Å². The van der Waals surface area contributed by atoms with Crippen LogP contribution in [0.15, 0.2) is 18.3 Å². The Morgan fingerprint density at radius 1 is 1.33 bits per heavy atom. The molecule has 1 fully saturated rings. The monoisotopic (exact) mass is 248 g/mol. The molecule has 1 amide bonds. The second-order valence-electron chi connectivity index (χ2n) is 4.89. The predicted octanol–water partition coefficient (Wildman–Crippen LogP) is 0.686. The average molecular weight is 248 g/mol. The van der Waals surface area contributed by atoms with Gasteiger partial charge in [-0.05, 0) is 25.5 Å². The van der Waals surface area contributed by atoms with Gasteiger partial charge in [0.1, 0.15) is 0 Å². The quantitative estimate of drug-likeness (QED) is 0.736. The molecular formula is C13H20N4O. The van der Waals surface area contributed by atoms with E-state index in [1.54, 1.807) is 0 Å². The molecule has 2 atom stereocenters. The van der Waals surface area contributed by atoms with Crippen molar-refractivity contribution < 1.29 is 4.79 Å². The number of carbonyl (C=O) groups is 1. The summed E-state index contributed by atoms with van der Waals surface area (Å²) in [7, 11) is 0. The van der Waals surface area contributed by atoms with Crippen LogP contribution in [0, 0.1) is 0 Å². The van der Waals surface area contributed by atoms with Crippen LogP contribution in [0.1, 0.15) is 37.9 Å². The van der Waals surface area contributed by atoms with Crippen LogP contribution in [0.5, 0.6) is 0 Å². The summed E-state index contributed by atoms with van der Waals surface area (Å²) in [5.41, 5.74) is 8.55. The summed E-state index contributed by atoms with van der Waals surface area (Å²) in [6.07, 6.45) is 1.84. The van der Waals surface area contributed by atoms with E-state index in [9.17, 15) is 4.79 Å². The van der Waals surface area contributed by atoms with Crippen molar-refractivity contribution in [2.75, 3.05) is 0 Å². The fourth-order valence-corrected chi connectivity index (χ4v) is 2.35. The first-order valence-corrected chi connectivity index (χ1v) is 6.28. The van der Waals surface area contributed by atoms with E-state index in [2.05, 4.69) is 35.0 Å². The number of nitrogens with zero attached hydrogens (tertiary/aromatic N) is 1. The topological polar surface area (TPSA) is 66.1 Å². The Morgan fingerprint density at radius 2 is 2.00 bits per heavy atom. The van der Waals surface area contributed by atoms with Gasteiger partial charge in [0.15, 0.2) is 0 Å². The summed E-state index contributed by atoms with van der Waals surface area (Å²) in [5.74, 6) is 0.352. The number of carbonyl (C=O) groups excluding carboxylic acids is 1. The Bertz CT molecular complexity index is 408. The molecule has 5 heteroatoms. The molecule has 0 saturated carbocycles. The van der Waals surface area contributed by atoms with Gasteiger partial charge >= 0.3 is 0 Å². The van der Waals surface area contributed by atoms with Gasteiger partial charge in [0.2, 0.25) is 5.91 Å². The third-order valence-electron chi connectivity index (χ3n) is 3.35. The highest BCUT2D eigenvalue weighted by atomic mass is 16.1. The molecule has 2 unspecified atom stereocenters. The summed E-state index contributed by atoms with van der Waals surface area (Å²) in [5, 5.41) is 2.76. The van der Waals surface area contributed by atoms with Gasteiger partial charge in [0, 0.05) is 43.4 Å². The van der Waals surface area contributed by atoms with Crippen LogP contribution in [-0.4, -0.2) is 23.0 Å². The Labute approximate surface area is 107 Å². The number of aromatic nitrogens is 1. The number of hydrogen-bond acceptors (Lipinski definition) is 4. The van der Waals surface area contributed by atoms with Crippen LogP contribution in [0.2, 0.25) is 0 Å². The number of nitrogens with one attached hydrogen (secondary N) is 3. The van der Waals surface area contributed by atoms with Crippen LogP contribution in [0.3, 0.4) is 0 Å². The highest BCUT2D eigenvalue weighted by molar-refractivity contribution is 5.72. The van der Waals surface area contributed by atoms with Crippen LogP contribution >= 0.6 is 0 Å². The normalized spacial score (nSPS) is 27.2. The average Bonchev–Trinajstić information content (AvgIpc) is 2.67. The molecule has 98 valence electrons. The largest absolute Gasteiger partial charge is 0.352 e. The van der Waals surface area contributed by atoms with Crippen LogP contribution in [-0.2, 0) is 11.3 Å². The molecule has 0 aromatic carbocycles. The molecule has 0 spiro atoms. The van der Waals surface area contributed by atoms with Crippen LogP contribution < -0.4 is 16.2 Å². The number of hydrogen-bond donors (Lipinski definition) is 3. The minimum Gasteiger partial charge on any atom is -0.352 e. The van der Waals surface area contributed by atoms with E-state index < -0.39 is 0 Å². The number of rotatable bonds is 3. The molecule has 3 N–H and O–H groups in total. The fraction of sp³-hybridized carbons (Fsp3) is 0.538. The Hall–Kier alpha value is -1.46. The van der Waals surface area contributed by atoms with Crippen molar-refractivity contribution >= 4 is 5.91 Å². The maximum atomic E-state index is 10.8. The molecule has 2 rings (SSSR count). The number of amides is 1. The van der Waals surface area contributed by atoms with Gasteiger partial charge in [-0.1, -0.05) is 6.07 Å². The molecule has 1 aromatic rings. The molecule has 1 aromatic heterocycles. The maximum absolute atomic E-state index is 10.8. The van der Waals surface area contributed by atoms with Crippen molar-refractivity contribution in [1.29, 1.82) is 0 Å². The molecule has 18 heavy (non-hydrogen) atoms. The Balaban J connectivity index is 2.05. The lowest BCUT2D eigenvalue weighted by atomic mass is 9.92. The van der Waals surface area contributed by atoms with Crippen molar-refractivity contribution in [3.05, 3.63) is 29.6 Å². The Morgan fingerprint density at radius 3 is 2.50 bits per heavy atom. The first-order chi connectivity index (χ1) is 8.58. The van der Waals surface area contributed by atoms with E-state index >= 15 is 0 Å². The van der Waals surface area contributed by atoms with Crippen molar-refractivity contribution in [1.82, 2.24) is 21.2 Å². The van der Waals surface area contributed by atoms with E-state index in [-0.39, 0.29) is 5.91 Å². The second kappa shape index (κ2) is 5.46. The summed E-state index contributed by atoms with van der Waals surface area (Å²) in [6.45, 7) is 6.35. The second-order valence-corrected chi connectivity index (χ2v) is 4.89. The van der Waals surface area contributed by atoms with Gasteiger partial charge in [-0.15, -0.1) is 0 Å². The van der Waals surface area contributed by atoms with Crippen molar-refractivity contribution in [3.63, 3.8) is 0 Å². The molecule has 5 nitrogen and oxygen atoms in total. The van der Waals surface area contributed by atoms with Crippen LogP contribution in [0.4, 0.5) is 0 Å². The number of pyridine rings is 1. The SMILES string of the molecule is CC(=O)NCc1ccc(C2C(C)NNC2C)nc1. The van der Waals surface area contributed by atoms with Gasteiger partial charge in [-0.3, -0.25) is 20.6 Å². The van der Waals surface area contributed by atoms with Crippen molar-refractivity contribution in [2.24, 2.45) is 0 Å². The minimum absolute atomic E-state index is 0.0227. The number of hydrazine groups is 1. The lowest BCUT2D eigenvalue weighted by Gasteiger charge is -2.17. The lowest BCUT2D eigenvalue weighted by molar-refractivity contribution is -0.119.